The second kappa shape index (κ2) is 9.99. The normalized spacial score (nSPS) is 35.7. The Morgan fingerprint density at radius 1 is 1.19 bits per heavy atom. The van der Waals surface area contributed by atoms with Gasteiger partial charge in [0.25, 0.3) is 0 Å². The van der Waals surface area contributed by atoms with Gasteiger partial charge in [-0.05, 0) is 107 Å². The maximum atomic E-state index is 10.2. The van der Waals surface area contributed by atoms with Crippen LogP contribution in [-0.4, -0.2) is 33.1 Å². The fourth-order valence-electron chi connectivity index (χ4n) is 6.79. The van der Waals surface area contributed by atoms with Crippen LogP contribution in [0.4, 0.5) is 0 Å². The molecule has 0 amide bonds. The summed E-state index contributed by atoms with van der Waals surface area (Å²) in [4.78, 5) is 0. The molecule has 0 unspecified atom stereocenters. The SMILES string of the molecule is C=C1[C@H](O)CC(=C/C=C2\CCC[C@]3(C)[C@@H]([C@@H](C)C(=C)CCCC(C)(C)O)CC[C@@H]23)C[C@H]1O. The third-order valence-corrected chi connectivity index (χ3v) is 8.87. The van der Waals surface area contributed by atoms with Gasteiger partial charge >= 0.3 is 0 Å². The smallest absolute Gasteiger partial charge is 0.0809 e. The van der Waals surface area contributed by atoms with Gasteiger partial charge in [0.15, 0.2) is 0 Å². The molecular weight excluding hydrogens is 396 g/mol. The van der Waals surface area contributed by atoms with Crippen LogP contribution in [0.3, 0.4) is 0 Å². The van der Waals surface area contributed by atoms with Gasteiger partial charge in [-0.1, -0.05) is 55.9 Å². The van der Waals surface area contributed by atoms with E-state index in [-0.39, 0.29) is 0 Å². The van der Waals surface area contributed by atoms with E-state index in [9.17, 15) is 15.3 Å². The molecule has 3 aliphatic rings. The summed E-state index contributed by atoms with van der Waals surface area (Å²) in [5, 5.41) is 30.3. The number of allylic oxidation sites excluding steroid dienone is 4. The molecule has 3 heteroatoms. The maximum Gasteiger partial charge on any atom is 0.0809 e. The highest BCUT2D eigenvalue weighted by Crippen LogP contribution is 2.60. The molecule has 32 heavy (non-hydrogen) atoms. The highest BCUT2D eigenvalue weighted by Gasteiger charge is 2.50. The van der Waals surface area contributed by atoms with Crippen molar-refractivity contribution in [2.45, 2.75) is 110 Å². The van der Waals surface area contributed by atoms with Gasteiger partial charge < -0.3 is 15.3 Å². The first-order valence-electron chi connectivity index (χ1n) is 12.8. The summed E-state index contributed by atoms with van der Waals surface area (Å²) in [5.41, 5.74) is 4.31. The van der Waals surface area contributed by atoms with Crippen molar-refractivity contribution in [2.24, 2.45) is 23.2 Å². The van der Waals surface area contributed by atoms with Crippen LogP contribution < -0.4 is 0 Å². The summed E-state index contributed by atoms with van der Waals surface area (Å²) < 4.78 is 0. The zero-order chi connectivity index (χ0) is 23.7. The van der Waals surface area contributed by atoms with Crippen molar-refractivity contribution in [1.29, 1.82) is 0 Å². The Kier molecular flexibility index (Phi) is 7.95. The van der Waals surface area contributed by atoms with E-state index in [1.165, 1.54) is 31.3 Å². The molecule has 180 valence electrons. The maximum absolute atomic E-state index is 10.2. The standard InChI is InChI=1S/C29H46O3/c1-19(9-7-15-28(4,5)32)20(2)24-13-14-25-23(10-8-16-29(24,25)6)12-11-22-17-26(30)21(3)27(31)18-22/h11-12,20,24-27,30-32H,1,3,7-10,13-18H2,2,4-6H3/b23-12+/t20-,24+,25-,26+,27+,29+/m0/s1. The molecule has 3 nitrogen and oxygen atoms in total. The van der Waals surface area contributed by atoms with Crippen LogP contribution in [0.15, 0.2) is 47.6 Å². The van der Waals surface area contributed by atoms with Crippen LogP contribution in [0.1, 0.15) is 91.9 Å². The van der Waals surface area contributed by atoms with Crippen LogP contribution in [0.5, 0.6) is 0 Å². The molecule has 3 N–H and O–H groups in total. The van der Waals surface area contributed by atoms with Crippen molar-refractivity contribution in [2.75, 3.05) is 0 Å². The monoisotopic (exact) mass is 442 g/mol. The highest BCUT2D eigenvalue weighted by molar-refractivity contribution is 5.30. The first kappa shape index (κ1) is 25.5. The average molecular weight is 443 g/mol. The van der Waals surface area contributed by atoms with Crippen LogP contribution in [0.25, 0.3) is 0 Å². The molecule has 0 aromatic carbocycles. The average Bonchev–Trinajstić information content (AvgIpc) is 3.06. The summed E-state index contributed by atoms with van der Waals surface area (Å²) in [7, 11) is 0. The van der Waals surface area contributed by atoms with E-state index in [1.807, 2.05) is 13.8 Å². The molecule has 0 spiro atoms. The van der Waals surface area contributed by atoms with Gasteiger partial charge in [-0.15, -0.1) is 0 Å². The van der Waals surface area contributed by atoms with E-state index in [0.717, 1.165) is 31.3 Å². The molecule has 0 radical (unpaired) electrons. The lowest BCUT2D eigenvalue weighted by atomic mass is 9.60. The van der Waals surface area contributed by atoms with Crippen molar-refractivity contribution in [3.8, 4) is 0 Å². The second-order valence-corrected chi connectivity index (χ2v) is 11.8. The molecule has 3 saturated carbocycles. The molecule has 6 atom stereocenters. The minimum atomic E-state index is -0.626. The molecule has 0 aliphatic heterocycles. The van der Waals surface area contributed by atoms with Gasteiger partial charge in [0.2, 0.25) is 0 Å². The highest BCUT2D eigenvalue weighted by atomic mass is 16.3. The van der Waals surface area contributed by atoms with E-state index in [0.29, 0.717) is 41.6 Å². The quantitative estimate of drug-likeness (QED) is 0.408. The van der Waals surface area contributed by atoms with Crippen LogP contribution in [0.2, 0.25) is 0 Å². The topological polar surface area (TPSA) is 60.7 Å². The van der Waals surface area contributed by atoms with Gasteiger partial charge in [0, 0.05) is 0 Å². The molecule has 3 fully saturated rings. The van der Waals surface area contributed by atoms with Crippen molar-refractivity contribution in [3.05, 3.63) is 47.6 Å². The number of aliphatic hydroxyl groups is 3. The van der Waals surface area contributed by atoms with Crippen molar-refractivity contribution < 1.29 is 15.3 Å². The number of rotatable bonds is 7. The predicted molar refractivity (Wildman–Crippen MR) is 133 cm³/mol. The summed E-state index contributed by atoms with van der Waals surface area (Å²) in [6.45, 7) is 16.9. The second-order valence-electron chi connectivity index (χ2n) is 11.8. The molecule has 3 aliphatic carbocycles. The van der Waals surface area contributed by atoms with Crippen molar-refractivity contribution in [3.63, 3.8) is 0 Å². The molecule has 0 saturated heterocycles. The molecule has 0 aromatic heterocycles. The molecule has 3 rings (SSSR count). The zero-order valence-electron chi connectivity index (χ0n) is 20.9. The Hall–Kier alpha value is -1.16. The number of hydrogen-bond acceptors (Lipinski definition) is 3. The van der Waals surface area contributed by atoms with Gasteiger partial charge in [-0.2, -0.15) is 0 Å². The lowest BCUT2D eigenvalue weighted by Gasteiger charge is -2.45. The molecule has 0 aromatic rings. The minimum absolute atomic E-state index is 0.321. The summed E-state index contributed by atoms with van der Waals surface area (Å²) in [6.07, 6.45) is 13.4. The van der Waals surface area contributed by atoms with E-state index in [1.54, 1.807) is 5.57 Å². The lowest BCUT2D eigenvalue weighted by Crippen LogP contribution is -2.36. The van der Waals surface area contributed by atoms with Gasteiger partial charge in [-0.3, -0.25) is 0 Å². The number of aliphatic hydroxyl groups excluding tert-OH is 2. The Balaban J connectivity index is 1.68. The fraction of sp³-hybridized carbons (Fsp3) is 0.724. The largest absolute Gasteiger partial charge is 0.390 e. The van der Waals surface area contributed by atoms with Gasteiger partial charge in [0.1, 0.15) is 0 Å². The fourth-order valence-corrected chi connectivity index (χ4v) is 6.79. The number of hydrogen-bond donors (Lipinski definition) is 3. The first-order chi connectivity index (χ1) is 14.9. The Labute approximate surface area is 196 Å². The third-order valence-electron chi connectivity index (χ3n) is 8.87. The Bertz CT molecular complexity index is 752. The predicted octanol–water partition coefficient (Wildman–Crippen LogP) is 6.26. The zero-order valence-corrected chi connectivity index (χ0v) is 20.9. The van der Waals surface area contributed by atoms with E-state index >= 15 is 0 Å². The van der Waals surface area contributed by atoms with Gasteiger partial charge in [0.05, 0.1) is 17.8 Å². The van der Waals surface area contributed by atoms with Crippen molar-refractivity contribution >= 4 is 0 Å². The summed E-state index contributed by atoms with van der Waals surface area (Å²) in [6, 6.07) is 0. The Morgan fingerprint density at radius 3 is 2.47 bits per heavy atom. The summed E-state index contributed by atoms with van der Waals surface area (Å²) >= 11 is 0. The molecular formula is C29H46O3. The number of fused-ring (bicyclic) bond motifs is 1. The van der Waals surface area contributed by atoms with Gasteiger partial charge in [-0.25, -0.2) is 0 Å². The van der Waals surface area contributed by atoms with Crippen LogP contribution in [0, 0.1) is 23.2 Å². The minimum Gasteiger partial charge on any atom is -0.390 e. The molecule has 0 bridgehead atoms. The Morgan fingerprint density at radius 2 is 1.84 bits per heavy atom. The first-order valence-corrected chi connectivity index (χ1v) is 12.8. The molecule has 0 heterocycles. The summed E-state index contributed by atoms with van der Waals surface area (Å²) in [5.74, 6) is 1.80. The van der Waals surface area contributed by atoms with Crippen molar-refractivity contribution in [1.82, 2.24) is 0 Å². The lowest BCUT2D eigenvalue weighted by molar-refractivity contribution is 0.0680. The third kappa shape index (κ3) is 5.66. The van der Waals surface area contributed by atoms with E-state index < -0.39 is 17.8 Å². The van der Waals surface area contributed by atoms with Crippen LogP contribution in [-0.2, 0) is 0 Å². The van der Waals surface area contributed by atoms with Crippen LogP contribution >= 0.6 is 0 Å². The van der Waals surface area contributed by atoms with E-state index in [4.69, 9.17) is 0 Å². The van der Waals surface area contributed by atoms with E-state index in [2.05, 4.69) is 39.2 Å².